The van der Waals surface area contributed by atoms with Crippen LogP contribution in [0, 0.1) is 19.8 Å². The van der Waals surface area contributed by atoms with E-state index < -0.39 is 0 Å². The SMILES string of the molecule is Cc1cc(C)c2nc(CC(C)C)oc2c1Br. The number of nitrogens with zero attached hydrogens (tertiary/aromatic N) is 1. The largest absolute Gasteiger partial charge is 0.439 e. The zero-order chi connectivity index (χ0) is 11.9. The van der Waals surface area contributed by atoms with Gasteiger partial charge in [-0.15, -0.1) is 0 Å². The van der Waals surface area contributed by atoms with E-state index in [2.05, 4.69) is 54.7 Å². The van der Waals surface area contributed by atoms with Crippen molar-refractivity contribution in [3.05, 3.63) is 27.6 Å². The first-order valence-electron chi connectivity index (χ1n) is 5.54. The molecule has 0 spiro atoms. The Hall–Kier alpha value is -0.830. The first kappa shape index (κ1) is 11.6. The van der Waals surface area contributed by atoms with Gasteiger partial charge in [-0.05, 0) is 46.8 Å². The Morgan fingerprint density at radius 2 is 2.00 bits per heavy atom. The Morgan fingerprint density at radius 1 is 1.31 bits per heavy atom. The van der Waals surface area contributed by atoms with Crippen LogP contribution in [0.15, 0.2) is 15.0 Å². The Kier molecular flexibility index (Phi) is 3.06. The van der Waals surface area contributed by atoms with Crippen LogP contribution in [0.5, 0.6) is 0 Å². The van der Waals surface area contributed by atoms with Gasteiger partial charge in [0.25, 0.3) is 0 Å². The molecule has 0 bridgehead atoms. The van der Waals surface area contributed by atoms with Crippen LogP contribution in [0.1, 0.15) is 30.9 Å². The van der Waals surface area contributed by atoms with Crippen LogP contribution in [0.4, 0.5) is 0 Å². The first-order valence-corrected chi connectivity index (χ1v) is 6.33. The van der Waals surface area contributed by atoms with Crippen molar-refractivity contribution in [1.29, 1.82) is 0 Å². The van der Waals surface area contributed by atoms with E-state index in [-0.39, 0.29) is 0 Å². The average Bonchev–Trinajstić information content (AvgIpc) is 2.58. The predicted molar refractivity (Wildman–Crippen MR) is 69.7 cm³/mol. The van der Waals surface area contributed by atoms with Gasteiger partial charge in [-0.25, -0.2) is 4.98 Å². The van der Waals surface area contributed by atoms with Crippen molar-refractivity contribution in [2.45, 2.75) is 34.1 Å². The average molecular weight is 282 g/mol. The molecule has 1 aromatic carbocycles. The molecule has 1 heterocycles. The Morgan fingerprint density at radius 3 is 2.62 bits per heavy atom. The van der Waals surface area contributed by atoms with Crippen LogP contribution in [0.3, 0.4) is 0 Å². The maximum absolute atomic E-state index is 5.81. The number of hydrogen-bond acceptors (Lipinski definition) is 2. The van der Waals surface area contributed by atoms with Crippen LogP contribution in [-0.2, 0) is 6.42 Å². The molecule has 0 aliphatic rings. The molecule has 1 aromatic heterocycles. The van der Waals surface area contributed by atoms with Gasteiger partial charge < -0.3 is 4.42 Å². The number of fused-ring (bicyclic) bond motifs is 1. The minimum Gasteiger partial charge on any atom is -0.439 e. The van der Waals surface area contributed by atoms with Crippen molar-refractivity contribution in [1.82, 2.24) is 4.98 Å². The number of benzene rings is 1. The van der Waals surface area contributed by atoms with Gasteiger partial charge in [0.05, 0.1) is 4.47 Å². The van der Waals surface area contributed by atoms with Crippen molar-refractivity contribution in [2.75, 3.05) is 0 Å². The van der Waals surface area contributed by atoms with Gasteiger partial charge in [-0.2, -0.15) is 0 Å². The van der Waals surface area contributed by atoms with E-state index in [0.717, 1.165) is 27.9 Å². The molecule has 0 aliphatic carbocycles. The normalized spacial score (nSPS) is 11.6. The lowest BCUT2D eigenvalue weighted by molar-refractivity contribution is 0.481. The molecule has 86 valence electrons. The molecule has 16 heavy (non-hydrogen) atoms. The summed E-state index contributed by atoms with van der Waals surface area (Å²) < 4.78 is 6.84. The molecule has 2 rings (SSSR count). The van der Waals surface area contributed by atoms with Crippen LogP contribution >= 0.6 is 15.9 Å². The maximum atomic E-state index is 5.81. The third kappa shape index (κ3) is 2.01. The van der Waals surface area contributed by atoms with Gasteiger partial charge >= 0.3 is 0 Å². The van der Waals surface area contributed by atoms with E-state index in [4.69, 9.17) is 4.42 Å². The summed E-state index contributed by atoms with van der Waals surface area (Å²) in [6, 6.07) is 2.13. The topological polar surface area (TPSA) is 26.0 Å². The maximum Gasteiger partial charge on any atom is 0.195 e. The highest BCUT2D eigenvalue weighted by atomic mass is 79.9. The first-order chi connectivity index (χ1) is 7.49. The summed E-state index contributed by atoms with van der Waals surface area (Å²) >= 11 is 3.56. The summed E-state index contributed by atoms with van der Waals surface area (Å²) in [4.78, 5) is 4.56. The van der Waals surface area contributed by atoms with Gasteiger partial charge in [-0.1, -0.05) is 19.9 Å². The number of hydrogen-bond donors (Lipinski definition) is 0. The van der Waals surface area contributed by atoms with Gasteiger partial charge in [0.15, 0.2) is 11.5 Å². The van der Waals surface area contributed by atoms with Crippen LogP contribution in [-0.4, -0.2) is 4.98 Å². The summed E-state index contributed by atoms with van der Waals surface area (Å²) in [5.74, 6) is 1.40. The number of aromatic nitrogens is 1. The molecule has 0 fully saturated rings. The molecule has 0 saturated carbocycles. The second-order valence-electron chi connectivity index (χ2n) is 4.71. The van der Waals surface area contributed by atoms with Crippen LogP contribution < -0.4 is 0 Å². The summed E-state index contributed by atoms with van der Waals surface area (Å²) in [6.07, 6.45) is 0.888. The van der Waals surface area contributed by atoms with Gasteiger partial charge in [0.2, 0.25) is 0 Å². The molecule has 3 heteroatoms. The smallest absolute Gasteiger partial charge is 0.195 e. The van der Waals surface area contributed by atoms with Gasteiger partial charge in [-0.3, -0.25) is 0 Å². The van der Waals surface area contributed by atoms with Crippen LogP contribution in [0.25, 0.3) is 11.1 Å². The third-order valence-electron chi connectivity index (χ3n) is 2.61. The number of rotatable bonds is 2. The van der Waals surface area contributed by atoms with Gasteiger partial charge in [0.1, 0.15) is 5.52 Å². The molecule has 0 saturated heterocycles. The van der Waals surface area contributed by atoms with E-state index in [9.17, 15) is 0 Å². The summed E-state index contributed by atoms with van der Waals surface area (Å²) in [5.41, 5.74) is 4.23. The quantitative estimate of drug-likeness (QED) is 0.815. The molecule has 0 N–H and O–H groups in total. The molecular weight excluding hydrogens is 266 g/mol. The van der Waals surface area contributed by atoms with Gasteiger partial charge in [0, 0.05) is 6.42 Å². The fraction of sp³-hybridized carbons (Fsp3) is 0.462. The lowest BCUT2D eigenvalue weighted by atomic mass is 10.1. The number of aryl methyl sites for hydroxylation is 2. The highest BCUT2D eigenvalue weighted by Crippen LogP contribution is 2.31. The number of halogens is 1. The highest BCUT2D eigenvalue weighted by molar-refractivity contribution is 9.10. The van der Waals surface area contributed by atoms with Crippen molar-refractivity contribution >= 4 is 27.0 Å². The fourth-order valence-corrected chi connectivity index (χ4v) is 2.24. The van der Waals surface area contributed by atoms with Crippen molar-refractivity contribution < 1.29 is 4.42 Å². The molecule has 0 unspecified atom stereocenters. The Labute approximate surface area is 104 Å². The monoisotopic (exact) mass is 281 g/mol. The minimum absolute atomic E-state index is 0.563. The summed E-state index contributed by atoms with van der Waals surface area (Å²) in [7, 11) is 0. The Balaban J connectivity index is 2.60. The zero-order valence-electron chi connectivity index (χ0n) is 10.1. The molecule has 0 radical (unpaired) electrons. The summed E-state index contributed by atoms with van der Waals surface area (Å²) in [5, 5.41) is 0. The second kappa shape index (κ2) is 4.21. The molecular formula is C13H16BrNO. The van der Waals surface area contributed by atoms with Crippen LogP contribution in [0.2, 0.25) is 0 Å². The molecule has 2 aromatic rings. The van der Waals surface area contributed by atoms with E-state index in [0.29, 0.717) is 5.92 Å². The molecule has 2 nitrogen and oxygen atoms in total. The highest BCUT2D eigenvalue weighted by Gasteiger charge is 2.13. The number of oxazole rings is 1. The zero-order valence-corrected chi connectivity index (χ0v) is 11.7. The van der Waals surface area contributed by atoms with Crippen molar-refractivity contribution in [2.24, 2.45) is 5.92 Å². The minimum atomic E-state index is 0.563. The van der Waals surface area contributed by atoms with E-state index in [1.165, 1.54) is 11.1 Å². The second-order valence-corrected chi connectivity index (χ2v) is 5.50. The lowest BCUT2D eigenvalue weighted by Crippen LogP contribution is -1.93. The van der Waals surface area contributed by atoms with E-state index in [1.54, 1.807) is 0 Å². The predicted octanol–water partition coefficient (Wildman–Crippen LogP) is 4.41. The Bertz CT molecular complexity index is 528. The fourth-order valence-electron chi connectivity index (χ4n) is 1.85. The summed E-state index contributed by atoms with van der Waals surface area (Å²) in [6.45, 7) is 8.48. The molecule has 0 amide bonds. The van der Waals surface area contributed by atoms with Crippen molar-refractivity contribution in [3.8, 4) is 0 Å². The lowest BCUT2D eigenvalue weighted by Gasteiger charge is -2.00. The third-order valence-corrected chi connectivity index (χ3v) is 3.59. The van der Waals surface area contributed by atoms with Crippen molar-refractivity contribution in [3.63, 3.8) is 0 Å². The van der Waals surface area contributed by atoms with E-state index in [1.807, 2.05) is 0 Å². The molecule has 0 aliphatic heterocycles. The standard InChI is InChI=1S/C13H16BrNO/c1-7(2)5-10-15-12-9(4)6-8(3)11(14)13(12)16-10/h6-7H,5H2,1-4H3. The van der Waals surface area contributed by atoms with E-state index >= 15 is 0 Å². The molecule has 0 atom stereocenters.